The summed E-state index contributed by atoms with van der Waals surface area (Å²) in [6.07, 6.45) is 0.497. The van der Waals surface area contributed by atoms with Crippen molar-refractivity contribution < 1.29 is 15.0 Å². The fourth-order valence-electron chi connectivity index (χ4n) is 3.59. The molecule has 2 N–H and O–H groups in total. The molecule has 4 atom stereocenters. The standard InChI is InChI=1S/C12H20O3/c1-7-4-5-8(13)12(7)9(14)6-11(2,3)10(12)15/h7-8,10,13,15H,4-6H2,1-3H3/t7-,8-,10+,12-/m0/s1. The highest BCUT2D eigenvalue weighted by Crippen LogP contribution is 2.57. The van der Waals surface area contributed by atoms with E-state index in [1.165, 1.54) is 0 Å². The first-order valence-corrected chi connectivity index (χ1v) is 5.73. The Morgan fingerprint density at radius 3 is 2.20 bits per heavy atom. The number of carbonyl (C=O) groups is 1. The normalized spacial score (nSPS) is 49.1. The lowest BCUT2D eigenvalue weighted by molar-refractivity contribution is -0.142. The summed E-state index contributed by atoms with van der Waals surface area (Å²) < 4.78 is 0. The summed E-state index contributed by atoms with van der Waals surface area (Å²) in [5.41, 5.74) is -1.26. The van der Waals surface area contributed by atoms with Gasteiger partial charge in [0.15, 0.2) is 0 Å². The Morgan fingerprint density at radius 1 is 1.27 bits per heavy atom. The van der Waals surface area contributed by atoms with Crippen LogP contribution in [0.15, 0.2) is 0 Å². The number of ketones is 1. The van der Waals surface area contributed by atoms with Crippen LogP contribution in [0.3, 0.4) is 0 Å². The van der Waals surface area contributed by atoms with E-state index in [0.717, 1.165) is 6.42 Å². The summed E-state index contributed by atoms with van der Waals surface area (Å²) in [4.78, 5) is 12.1. The van der Waals surface area contributed by atoms with Crippen molar-refractivity contribution in [3.63, 3.8) is 0 Å². The molecular weight excluding hydrogens is 192 g/mol. The zero-order chi connectivity index (χ0) is 11.4. The van der Waals surface area contributed by atoms with Crippen molar-refractivity contribution in [2.45, 2.75) is 52.2 Å². The molecule has 2 saturated carbocycles. The van der Waals surface area contributed by atoms with Gasteiger partial charge in [0.05, 0.1) is 17.6 Å². The monoisotopic (exact) mass is 212 g/mol. The first-order valence-electron chi connectivity index (χ1n) is 5.73. The van der Waals surface area contributed by atoms with Crippen LogP contribution in [0.25, 0.3) is 0 Å². The molecule has 0 unspecified atom stereocenters. The summed E-state index contributed by atoms with van der Waals surface area (Å²) >= 11 is 0. The number of hydrogen-bond acceptors (Lipinski definition) is 3. The predicted octanol–water partition coefficient (Wildman–Crippen LogP) is 1.12. The third-order valence-electron chi connectivity index (χ3n) is 4.53. The summed E-state index contributed by atoms with van der Waals surface area (Å²) in [7, 11) is 0. The van der Waals surface area contributed by atoms with E-state index in [0.29, 0.717) is 12.8 Å². The van der Waals surface area contributed by atoms with Crippen LogP contribution in [0.5, 0.6) is 0 Å². The maximum atomic E-state index is 12.1. The van der Waals surface area contributed by atoms with Gasteiger partial charge in [-0.3, -0.25) is 4.79 Å². The zero-order valence-corrected chi connectivity index (χ0v) is 9.66. The maximum absolute atomic E-state index is 12.1. The number of Topliss-reactive ketones (excluding diaryl/α,β-unsaturated/α-hetero) is 1. The van der Waals surface area contributed by atoms with Crippen molar-refractivity contribution in [2.75, 3.05) is 0 Å². The topological polar surface area (TPSA) is 57.5 Å². The van der Waals surface area contributed by atoms with Gasteiger partial charge in [-0.25, -0.2) is 0 Å². The van der Waals surface area contributed by atoms with Crippen LogP contribution in [0.2, 0.25) is 0 Å². The highest BCUT2D eigenvalue weighted by atomic mass is 16.3. The Kier molecular flexibility index (Phi) is 2.25. The first-order chi connectivity index (χ1) is 6.83. The lowest BCUT2D eigenvalue weighted by atomic mass is 9.70. The number of carbonyl (C=O) groups excluding carboxylic acids is 1. The molecule has 2 aliphatic carbocycles. The molecule has 0 radical (unpaired) electrons. The van der Waals surface area contributed by atoms with E-state index < -0.39 is 23.0 Å². The van der Waals surface area contributed by atoms with Crippen molar-refractivity contribution in [1.82, 2.24) is 0 Å². The van der Waals surface area contributed by atoms with Crippen LogP contribution >= 0.6 is 0 Å². The molecule has 0 amide bonds. The minimum absolute atomic E-state index is 0.0532. The molecule has 15 heavy (non-hydrogen) atoms. The highest BCUT2D eigenvalue weighted by molar-refractivity contribution is 5.90. The Morgan fingerprint density at radius 2 is 1.87 bits per heavy atom. The number of aliphatic hydroxyl groups is 2. The molecule has 0 aromatic heterocycles. The van der Waals surface area contributed by atoms with E-state index in [9.17, 15) is 15.0 Å². The first kappa shape index (κ1) is 11.1. The second kappa shape index (κ2) is 3.05. The van der Waals surface area contributed by atoms with E-state index in [4.69, 9.17) is 0 Å². The lowest BCUT2D eigenvalue weighted by Gasteiger charge is -2.37. The lowest BCUT2D eigenvalue weighted by Crippen LogP contribution is -2.49. The second-order valence-electron chi connectivity index (χ2n) is 5.92. The molecule has 2 rings (SSSR count). The van der Waals surface area contributed by atoms with E-state index >= 15 is 0 Å². The Balaban J connectivity index is 2.47. The SMILES string of the molecule is C[C@H]1CC[C@H](O)[C@]12C(=O)CC(C)(C)[C@H]2O. The van der Waals surface area contributed by atoms with Crippen LogP contribution in [0, 0.1) is 16.7 Å². The van der Waals surface area contributed by atoms with Gasteiger partial charge in [0.25, 0.3) is 0 Å². The van der Waals surface area contributed by atoms with Gasteiger partial charge in [-0.05, 0) is 24.2 Å². The third kappa shape index (κ3) is 1.16. The van der Waals surface area contributed by atoms with Crippen molar-refractivity contribution >= 4 is 5.78 Å². The van der Waals surface area contributed by atoms with Crippen LogP contribution in [0.4, 0.5) is 0 Å². The zero-order valence-electron chi connectivity index (χ0n) is 9.66. The van der Waals surface area contributed by atoms with Gasteiger partial charge in [0.2, 0.25) is 0 Å². The third-order valence-corrected chi connectivity index (χ3v) is 4.53. The molecule has 0 bridgehead atoms. The average molecular weight is 212 g/mol. The number of hydrogen-bond donors (Lipinski definition) is 2. The molecule has 0 aromatic carbocycles. The Labute approximate surface area is 90.5 Å². The van der Waals surface area contributed by atoms with Gasteiger partial charge in [0, 0.05) is 6.42 Å². The molecule has 3 heteroatoms. The average Bonchev–Trinajstić information content (AvgIpc) is 2.49. The summed E-state index contributed by atoms with van der Waals surface area (Å²) in [5, 5.41) is 20.4. The van der Waals surface area contributed by atoms with Gasteiger partial charge in [0.1, 0.15) is 5.78 Å². The molecule has 2 fully saturated rings. The molecule has 2 aliphatic rings. The van der Waals surface area contributed by atoms with Gasteiger partial charge >= 0.3 is 0 Å². The van der Waals surface area contributed by atoms with Gasteiger partial charge in [-0.2, -0.15) is 0 Å². The maximum Gasteiger partial charge on any atom is 0.145 e. The molecule has 0 heterocycles. The van der Waals surface area contributed by atoms with Crippen molar-refractivity contribution in [2.24, 2.45) is 16.7 Å². The summed E-state index contributed by atoms with van der Waals surface area (Å²) in [6.45, 7) is 5.78. The number of rotatable bonds is 0. The smallest absolute Gasteiger partial charge is 0.145 e. The van der Waals surface area contributed by atoms with E-state index in [1.807, 2.05) is 20.8 Å². The molecular formula is C12H20O3. The summed E-state index contributed by atoms with van der Waals surface area (Å²) in [6, 6.07) is 0. The fourth-order valence-corrected chi connectivity index (χ4v) is 3.59. The van der Waals surface area contributed by atoms with E-state index in [1.54, 1.807) is 0 Å². The summed E-state index contributed by atoms with van der Waals surface area (Å²) in [5.74, 6) is 0.147. The van der Waals surface area contributed by atoms with Crippen LogP contribution < -0.4 is 0 Å². The van der Waals surface area contributed by atoms with E-state index in [-0.39, 0.29) is 11.7 Å². The molecule has 86 valence electrons. The molecule has 0 aliphatic heterocycles. The van der Waals surface area contributed by atoms with Gasteiger partial charge < -0.3 is 10.2 Å². The Hall–Kier alpha value is -0.410. The fraction of sp³-hybridized carbons (Fsp3) is 0.917. The van der Waals surface area contributed by atoms with Crippen LogP contribution in [-0.4, -0.2) is 28.2 Å². The van der Waals surface area contributed by atoms with E-state index in [2.05, 4.69) is 0 Å². The Bertz CT molecular complexity index is 285. The molecule has 0 aromatic rings. The quantitative estimate of drug-likeness (QED) is 0.632. The van der Waals surface area contributed by atoms with Crippen molar-refractivity contribution in [3.8, 4) is 0 Å². The largest absolute Gasteiger partial charge is 0.392 e. The second-order valence-corrected chi connectivity index (χ2v) is 5.92. The number of aliphatic hydroxyl groups excluding tert-OH is 2. The van der Waals surface area contributed by atoms with Gasteiger partial charge in [-0.15, -0.1) is 0 Å². The van der Waals surface area contributed by atoms with Crippen LogP contribution in [0.1, 0.15) is 40.0 Å². The minimum Gasteiger partial charge on any atom is -0.392 e. The molecule has 0 saturated heterocycles. The van der Waals surface area contributed by atoms with Gasteiger partial charge in [-0.1, -0.05) is 20.8 Å². The molecule has 1 spiro atoms. The molecule has 3 nitrogen and oxygen atoms in total. The predicted molar refractivity (Wildman–Crippen MR) is 56.2 cm³/mol. The van der Waals surface area contributed by atoms with Crippen molar-refractivity contribution in [1.29, 1.82) is 0 Å². The minimum atomic E-state index is -0.872. The van der Waals surface area contributed by atoms with Crippen molar-refractivity contribution in [3.05, 3.63) is 0 Å². The van der Waals surface area contributed by atoms with Crippen LogP contribution in [-0.2, 0) is 4.79 Å². The highest BCUT2D eigenvalue weighted by Gasteiger charge is 2.65.